The van der Waals surface area contributed by atoms with Crippen molar-refractivity contribution in [1.29, 1.82) is 0 Å². The minimum atomic E-state index is -0.554. The molecule has 0 saturated heterocycles. The van der Waals surface area contributed by atoms with E-state index in [1.807, 2.05) is 12.1 Å². The first-order chi connectivity index (χ1) is 8.56. The summed E-state index contributed by atoms with van der Waals surface area (Å²) in [6.07, 6.45) is 0. The van der Waals surface area contributed by atoms with Crippen LogP contribution in [-0.4, -0.2) is 5.91 Å². The van der Waals surface area contributed by atoms with E-state index in [1.54, 1.807) is 30.3 Å². The molecule has 0 aliphatic carbocycles. The van der Waals surface area contributed by atoms with E-state index in [2.05, 4.69) is 15.9 Å². The molecule has 4 nitrogen and oxygen atoms in total. The van der Waals surface area contributed by atoms with Crippen LogP contribution in [0.3, 0.4) is 0 Å². The maximum atomic E-state index is 11.3. The average Bonchev–Trinajstić information content (AvgIpc) is 2.32. The summed E-state index contributed by atoms with van der Waals surface area (Å²) in [5, 5.41) is 0. The molecule has 0 aliphatic rings. The van der Waals surface area contributed by atoms with Crippen LogP contribution in [0.15, 0.2) is 46.9 Å². The first-order valence-corrected chi connectivity index (χ1v) is 5.98. The van der Waals surface area contributed by atoms with Gasteiger partial charge in [-0.1, -0.05) is 15.9 Å². The number of hydrogen-bond donors (Lipinski definition) is 2. The molecule has 0 saturated carbocycles. The summed E-state index contributed by atoms with van der Waals surface area (Å²) in [4.78, 5) is 11.3. The predicted molar refractivity (Wildman–Crippen MR) is 73.6 cm³/mol. The fraction of sp³-hybridized carbons (Fsp3) is 0. The molecule has 2 aromatic rings. The maximum absolute atomic E-state index is 11.3. The first-order valence-electron chi connectivity index (χ1n) is 5.19. The lowest BCUT2D eigenvalue weighted by Gasteiger charge is -2.10. The Morgan fingerprint density at radius 3 is 2.39 bits per heavy atom. The number of ether oxygens (including phenoxy) is 1. The van der Waals surface area contributed by atoms with Crippen LogP contribution in [0.1, 0.15) is 10.4 Å². The van der Waals surface area contributed by atoms with Crippen LogP contribution in [0.2, 0.25) is 0 Å². The second kappa shape index (κ2) is 5.10. The van der Waals surface area contributed by atoms with Gasteiger partial charge >= 0.3 is 0 Å². The smallest absolute Gasteiger partial charge is 0.252 e. The number of benzene rings is 2. The monoisotopic (exact) mass is 306 g/mol. The molecule has 0 spiro atoms. The van der Waals surface area contributed by atoms with Crippen molar-refractivity contribution < 1.29 is 9.53 Å². The molecule has 18 heavy (non-hydrogen) atoms. The normalized spacial score (nSPS) is 10.1. The maximum Gasteiger partial charge on any atom is 0.252 e. The van der Waals surface area contributed by atoms with Crippen molar-refractivity contribution >= 4 is 27.5 Å². The molecule has 0 bridgehead atoms. The highest BCUT2D eigenvalue weighted by atomic mass is 79.9. The molecule has 92 valence electrons. The minimum Gasteiger partial charge on any atom is -0.456 e. The molecule has 0 radical (unpaired) electrons. The number of nitrogens with two attached hydrogens (primary N) is 2. The van der Waals surface area contributed by atoms with Crippen LogP contribution >= 0.6 is 15.9 Å². The summed E-state index contributed by atoms with van der Waals surface area (Å²) in [7, 11) is 0. The lowest BCUT2D eigenvalue weighted by atomic mass is 10.1. The molecule has 5 heteroatoms. The predicted octanol–water partition coefficient (Wildman–Crippen LogP) is 2.92. The zero-order valence-corrected chi connectivity index (χ0v) is 11.0. The second-order valence-corrected chi connectivity index (χ2v) is 4.59. The Kier molecular flexibility index (Phi) is 3.53. The van der Waals surface area contributed by atoms with E-state index in [0.29, 0.717) is 22.7 Å². The van der Waals surface area contributed by atoms with E-state index in [-0.39, 0.29) is 0 Å². The van der Waals surface area contributed by atoms with Crippen LogP contribution < -0.4 is 16.2 Å². The number of amides is 1. The van der Waals surface area contributed by atoms with Crippen LogP contribution in [-0.2, 0) is 0 Å². The molecular formula is C13H11BrN2O2. The van der Waals surface area contributed by atoms with E-state index in [4.69, 9.17) is 16.2 Å². The Hall–Kier alpha value is -2.01. The van der Waals surface area contributed by atoms with E-state index in [0.717, 1.165) is 4.47 Å². The average molecular weight is 307 g/mol. The third-order valence-electron chi connectivity index (χ3n) is 2.31. The second-order valence-electron chi connectivity index (χ2n) is 3.68. The van der Waals surface area contributed by atoms with E-state index < -0.39 is 5.91 Å². The Morgan fingerprint density at radius 1 is 1.11 bits per heavy atom. The largest absolute Gasteiger partial charge is 0.456 e. The van der Waals surface area contributed by atoms with Crippen LogP contribution in [0.4, 0.5) is 5.69 Å². The van der Waals surface area contributed by atoms with E-state index >= 15 is 0 Å². The number of rotatable bonds is 3. The molecule has 0 heterocycles. The van der Waals surface area contributed by atoms with Gasteiger partial charge in [-0.15, -0.1) is 0 Å². The van der Waals surface area contributed by atoms with Gasteiger partial charge in [0.05, 0.1) is 5.56 Å². The highest BCUT2D eigenvalue weighted by molar-refractivity contribution is 9.10. The van der Waals surface area contributed by atoms with Gasteiger partial charge < -0.3 is 16.2 Å². The number of halogens is 1. The summed E-state index contributed by atoms with van der Waals surface area (Å²) < 4.78 is 6.55. The van der Waals surface area contributed by atoms with Gasteiger partial charge in [0.2, 0.25) is 0 Å². The van der Waals surface area contributed by atoms with Crippen molar-refractivity contribution in [3.63, 3.8) is 0 Å². The number of primary amides is 1. The van der Waals surface area contributed by atoms with Gasteiger partial charge in [-0.25, -0.2) is 0 Å². The van der Waals surface area contributed by atoms with Crippen molar-refractivity contribution in [2.45, 2.75) is 0 Å². The van der Waals surface area contributed by atoms with Crippen LogP contribution in [0, 0.1) is 0 Å². The fourth-order valence-corrected chi connectivity index (χ4v) is 1.72. The number of anilines is 1. The Balaban J connectivity index is 2.35. The SMILES string of the molecule is NC(=O)c1ccc(N)cc1Oc1ccc(Br)cc1. The van der Waals surface area contributed by atoms with Gasteiger partial charge in [0, 0.05) is 16.2 Å². The van der Waals surface area contributed by atoms with Gasteiger partial charge in [-0.3, -0.25) is 4.79 Å². The lowest BCUT2D eigenvalue weighted by molar-refractivity contribution is 0.0998. The van der Waals surface area contributed by atoms with E-state index in [9.17, 15) is 4.79 Å². The molecule has 2 aromatic carbocycles. The summed E-state index contributed by atoms with van der Waals surface area (Å²) >= 11 is 3.33. The van der Waals surface area contributed by atoms with Crippen LogP contribution in [0.5, 0.6) is 11.5 Å². The van der Waals surface area contributed by atoms with Crippen molar-refractivity contribution in [2.24, 2.45) is 5.73 Å². The number of hydrogen-bond acceptors (Lipinski definition) is 3. The molecule has 0 aromatic heterocycles. The highest BCUT2D eigenvalue weighted by Gasteiger charge is 2.10. The Labute approximate surface area is 113 Å². The van der Waals surface area contributed by atoms with Gasteiger partial charge in [0.25, 0.3) is 5.91 Å². The third kappa shape index (κ3) is 2.81. The van der Waals surface area contributed by atoms with Gasteiger partial charge in [0.1, 0.15) is 11.5 Å². The molecule has 0 fully saturated rings. The lowest BCUT2D eigenvalue weighted by Crippen LogP contribution is -2.12. The molecule has 4 N–H and O–H groups in total. The molecule has 0 atom stereocenters. The highest BCUT2D eigenvalue weighted by Crippen LogP contribution is 2.28. The number of nitrogen functional groups attached to an aromatic ring is 1. The quantitative estimate of drug-likeness (QED) is 0.856. The standard InChI is InChI=1S/C13H11BrN2O2/c14-8-1-4-10(5-2-8)18-12-7-9(15)3-6-11(12)13(16)17/h1-7H,15H2,(H2,16,17). The van der Waals surface area contributed by atoms with Crippen molar-refractivity contribution in [2.75, 3.05) is 5.73 Å². The van der Waals surface area contributed by atoms with Gasteiger partial charge in [0.15, 0.2) is 0 Å². The van der Waals surface area contributed by atoms with Crippen molar-refractivity contribution in [3.05, 3.63) is 52.5 Å². The summed E-state index contributed by atoms with van der Waals surface area (Å²) in [6, 6.07) is 12.0. The summed E-state index contributed by atoms with van der Waals surface area (Å²) in [6.45, 7) is 0. The van der Waals surface area contributed by atoms with Gasteiger partial charge in [-0.05, 0) is 36.4 Å². The zero-order chi connectivity index (χ0) is 13.1. The summed E-state index contributed by atoms with van der Waals surface area (Å²) in [5.74, 6) is 0.401. The molecular weight excluding hydrogens is 296 g/mol. The Bertz CT molecular complexity index is 582. The van der Waals surface area contributed by atoms with Crippen LogP contribution in [0.25, 0.3) is 0 Å². The molecule has 0 aliphatic heterocycles. The number of carbonyl (C=O) groups is 1. The third-order valence-corrected chi connectivity index (χ3v) is 2.84. The summed E-state index contributed by atoms with van der Waals surface area (Å²) in [5.41, 5.74) is 11.7. The fourth-order valence-electron chi connectivity index (χ4n) is 1.46. The van der Waals surface area contributed by atoms with E-state index in [1.165, 1.54) is 0 Å². The zero-order valence-electron chi connectivity index (χ0n) is 9.39. The first kappa shape index (κ1) is 12.4. The molecule has 0 unspecified atom stereocenters. The van der Waals surface area contributed by atoms with Gasteiger partial charge in [-0.2, -0.15) is 0 Å². The van der Waals surface area contributed by atoms with Crippen molar-refractivity contribution in [1.82, 2.24) is 0 Å². The molecule has 1 amide bonds. The van der Waals surface area contributed by atoms with Crippen molar-refractivity contribution in [3.8, 4) is 11.5 Å². The minimum absolute atomic E-state index is 0.298. The topological polar surface area (TPSA) is 78.3 Å². The Morgan fingerprint density at radius 2 is 1.78 bits per heavy atom. The number of carbonyl (C=O) groups excluding carboxylic acids is 1. The molecule has 2 rings (SSSR count).